The van der Waals surface area contributed by atoms with Crippen LogP contribution in [0.25, 0.3) is 0 Å². The summed E-state index contributed by atoms with van der Waals surface area (Å²) in [5.74, 6) is 0. The van der Waals surface area contributed by atoms with Gasteiger partial charge >= 0.3 is 6.09 Å². The largest absolute Gasteiger partial charge is 0.447 e. The Morgan fingerprint density at radius 2 is 2.00 bits per heavy atom. The normalized spacial score (nSPS) is 24.0. The highest BCUT2D eigenvalue weighted by Crippen LogP contribution is 2.24. The number of benzene rings is 1. The van der Waals surface area contributed by atoms with Crippen LogP contribution in [0, 0.1) is 0 Å². The highest BCUT2D eigenvalue weighted by Gasteiger charge is 2.31. The Bertz CT molecular complexity index is 478. The average molecular weight is 306 g/mol. The molecule has 1 heterocycles. The van der Waals surface area contributed by atoms with Crippen molar-refractivity contribution in [2.24, 2.45) is 0 Å². The smallest absolute Gasteiger partial charge is 0.407 e. The van der Waals surface area contributed by atoms with Crippen LogP contribution in [0.3, 0.4) is 0 Å². The van der Waals surface area contributed by atoms with E-state index in [1.807, 2.05) is 18.2 Å². The van der Waals surface area contributed by atoms with Gasteiger partial charge in [0.2, 0.25) is 0 Å². The molecule has 0 bridgehead atoms. The van der Waals surface area contributed by atoms with Gasteiger partial charge in [-0.2, -0.15) is 0 Å². The predicted molar refractivity (Wildman–Crippen MR) is 85.6 cm³/mol. The van der Waals surface area contributed by atoms with Crippen molar-refractivity contribution in [2.45, 2.75) is 51.5 Å². The molecule has 0 aliphatic carbocycles. The summed E-state index contributed by atoms with van der Waals surface area (Å²) in [6.07, 6.45) is -0.482. The van der Waals surface area contributed by atoms with Crippen molar-refractivity contribution in [1.29, 1.82) is 0 Å². The molecule has 2 N–H and O–H groups in total. The maximum absolute atomic E-state index is 11.6. The first kappa shape index (κ1) is 16.8. The molecule has 122 valence electrons. The number of β-amino-alcohol motifs (C(OH)–C–C–N with tert-alkyl or cyclic N) is 1. The number of nitrogens with zero attached hydrogens (tertiary/aromatic N) is 1. The second-order valence-electron chi connectivity index (χ2n) is 6.14. The number of aliphatic hydroxyl groups excluding tert-OH is 1. The molecule has 5 heteroatoms. The summed E-state index contributed by atoms with van der Waals surface area (Å²) in [6.45, 7) is 7.13. The molecule has 1 aromatic carbocycles. The van der Waals surface area contributed by atoms with Crippen LogP contribution < -0.4 is 5.32 Å². The molecule has 1 aliphatic rings. The Labute approximate surface area is 132 Å². The van der Waals surface area contributed by atoms with Crippen molar-refractivity contribution in [3.63, 3.8) is 0 Å². The van der Waals surface area contributed by atoms with Crippen LogP contribution in [0.2, 0.25) is 0 Å². The van der Waals surface area contributed by atoms with Gasteiger partial charge in [-0.1, -0.05) is 30.3 Å². The van der Waals surface area contributed by atoms with Gasteiger partial charge in [0.1, 0.15) is 0 Å². The number of carbonyl (C=O) groups excluding carboxylic acids is 1. The first-order valence-corrected chi connectivity index (χ1v) is 7.91. The SMILES string of the molecule is CC(C)OC(=O)NC1CCN(C(C)c2ccccc2)CC1O. The molecule has 0 radical (unpaired) electrons. The van der Waals surface area contributed by atoms with Crippen molar-refractivity contribution in [3.8, 4) is 0 Å². The van der Waals surface area contributed by atoms with E-state index in [0.29, 0.717) is 13.0 Å². The van der Waals surface area contributed by atoms with E-state index in [1.165, 1.54) is 5.56 Å². The Balaban J connectivity index is 1.88. The minimum absolute atomic E-state index is 0.157. The van der Waals surface area contributed by atoms with Gasteiger partial charge in [-0.05, 0) is 32.8 Å². The van der Waals surface area contributed by atoms with E-state index >= 15 is 0 Å². The molecule has 0 aromatic heterocycles. The van der Waals surface area contributed by atoms with Gasteiger partial charge in [-0.3, -0.25) is 4.90 Å². The second-order valence-corrected chi connectivity index (χ2v) is 6.14. The van der Waals surface area contributed by atoms with Crippen LogP contribution in [0.5, 0.6) is 0 Å². The maximum Gasteiger partial charge on any atom is 0.407 e. The number of aliphatic hydroxyl groups is 1. The van der Waals surface area contributed by atoms with Gasteiger partial charge in [0.15, 0.2) is 0 Å². The zero-order valence-corrected chi connectivity index (χ0v) is 13.5. The molecule has 1 fully saturated rings. The second kappa shape index (κ2) is 7.61. The fourth-order valence-corrected chi connectivity index (χ4v) is 2.82. The lowest BCUT2D eigenvalue weighted by Crippen LogP contribution is -2.54. The highest BCUT2D eigenvalue weighted by molar-refractivity contribution is 5.67. The zero-order valence-electron chi connectivity index (χ0n) is 13.5. The molecule has 1 aromatic rings. The third-order valence-corrected chi connectivity index (χ3v) is 4.09. The number of nitrogens with one attached hydrogen (secondary N) is 1. The predicted octanol–water partition coefficient (Wildman–Crippen LogP) is 2.32. The van der Waals surface area contributed by atoms with Gasteiger partial charge < -0.3 is 15.2 Å². The fourth-order valence-electron chi connectivity index (χ4n) is 2.82. The van der Waals surface area contributed by atoms with Gasteiger partial charge in [0.05, 0.1) is 18.2 Å². The van der Waals surface area contributed by atoms with Crippen LogP contribution in [0.15, 0.2) is 30.3 Å². The monoisotopic (exact) mass is 306 g/mol. The number of ether oxygens (including phenoxy) is 1. The molecule has 5 nitrogen and oxygen atoms in total. The van der Waals surface area contributed by atoms with Gasteiger partial charge in [0, 0.05) is 19.1 Å². The van der Waals surface area contributed by atoms with E-state index in [9.17, 15) is 9.90 Å². The molecular formula is C17H26N2O3. The molecule has 1 saturated heterocycles. The third kappa shape index (κ3) is 4.45. The number of carbonyl (C=O) groups is 1. The molecule has 3 atom stereocenters. The summed E-state index contributed by atoms with van der Waals surface area (Å²) < 4.78 is 5.07. The third-order valence-electron chi connectivity index (χ3n) is 4.09. The lowest BCUT2D eigenvalue weighted by Gasteiger charge is -2.39. The molecule has 0 saturated carbocycles. The minimum Gasteiger partial charge on any atom is -0.447 e. The van der Waals surface area contributed by atoms with E-state index in [2.05, 4.69) is 29.3 Å². The number of alkyl carbamates (subject to hydrolysis) is 1. The number of piperidine rings is 1. The van der Waals surface area contributed by atoms with Crippen molar-refractivity contribution in [2.75, 3.05) is 13.1 Å². The first-order valence-electron chi connectivity index (χ1n) is 7.91. The lowest BCUT2D eigenvalue weighted by atomic mass is 9.98. The number of hydrogen-bond acceptors (Lipinski definition) is 4. The van der Waals surface area contributed by atoms with Gasteiger partial charge in [0.25, 0.3) is 0 Å². The van der Waals surface area contributed by atoms with Crippen molar-refractivity contribution in [1.82, 2.24) is 10.2 Å². The molecule has 0 spiro atoms. The van der Waals surface area contributed by atoms with E-state index in [4.69, 9.17) is 4.74 Å². The Morgan fingerprint density at radius 1 is 1.32 bits per heavy atom. The molecule has 1 amide bonds. The van der Waals surface area contributed by atoms with Gasteiger partial charge in [-0.25, -0.2) is 4.79 Å². The Hall–Kier alpha value is -1.59. The van der Waals surface area contributed by atoms with E-state index < -0.39 is 12.2 Å². The van der Waals surface area contributed by atoms with E-state index in [1.54, 1.807) is 13.8 Å². The number of likely N-dealkylation sites (tertiary alicyclic amines) is 1. The quantitative estimate of drug-likeness (QED) is 0.896. The van der Waals surface area contributed by atoms with Crippen LogP contribution in [0.1, 0.15) is 38.8 Å². The zero-order chi connectivity index (χ0) is 16.1. The number of rotatable bonds is 4. The van der Waals surface area contributed by atoms with Crippen LogP contribution in [0.4, 0.5) is 4.79 Å². The van der Waals surface area contributed by atoms with Crippen LogP contribution in [-0.2, 0) is 4.74 Å². The molecule has 1 aliphatic heterocycles. The molecule has 3 unspecified atom stereocenters. The average Bonchev–Trinajstić information content (AvgIpc) is 2.48. The van der Waals surface area contributed by atoms with Crippen molar-refractivity contribution >= 4 is 6.09 Å². The summed E-state index contributed by atoms with van der Waals surface area (Å²) in [5.41, 5.74) is 1.24. The topological polar surface area (TPSA) is 61.8 Å². The van der Waals surface area contributed by atoms with E-state index in [-0.39, 0.29) is 18.2 Å². The van der Waals surface area contributed by atoms with E-state index in [0.717, 1.165) is 6.54 Å². The molecular weight excluding hydrogens is 280 g/mol. The molecule has 2 rings (SSSR count). The highest BCUT2D eigenvalue weighted by atomic mass is 16.6. The van der Waals surface area contributed by atoms with Crippen LogP contribution in [-0.4, -0.2) is 47.4 Å². The standard InChI is InChI=1S/C17H26N2O3/c1-12(2)22-17(21)18-15-9-10-19(11-16(15)20)13(3)14-7-5-4-6-8-14/h4-8,12-13,15-16,20H,9-11H2,1-3H3,(H,18,21). The van der Waals surface area contributed by atoms with Crippen molar-refractivity contribution < 1.29 is 14.6 Å². The fraction of sp³-hybridized carbons (Fsp3) is 0.588. The summed E-state index contributed by atoms with van der Waals surface area (Å²) in [7, 11) is 0. The van der Waals surface area contributed by atoms with Gasteiger partial charge in [-0.15, -0.1) is 0 Å². The number of hydrogen-bond donors (Lipinski definition) is 2. The minimum atomic E-state index is -0.584. The maximum atomic E-state index is 11.6. The Morgan fingerprint density at radius 3 is 2.59 bits per heavy atom. The lowest BCUT2D eigenvalue weighted by molar-refractivity contribution is 0.0199. The van der Waals surface area contributed by atoms with Crippen molar-refractivity contribution in [3.05, 3.63) is 35.9 Å². The summed E-state index contributed by atoms with van der Waals surface area (Å²) >= 11 is 0. The summed E-state index contributed by atoms with van der Waals surface area (Å²) in [5, 5.41) is 13.1. The first-order chi connectivity index (χ1) is 10.5. The van der Waals surface area contributed by atoms with Crippen LogP contribution >= 0.6 is 0 Å². The summed E-state index contributed by atoms with van der Waals surface area (Å²) in [6, 6.07) is 10.3. The molecule has 22 heavy (non-hydrogen) atoms. The Kier molecular flexibility index (Phi) is 5.80. The number of amides is 1. The summed E-state index contributed by atoms with van der Waals surface area (Å²) in [4.78, 5) is 13.9.